The van der Waals surface area contributed by atoms with Gasteiger partial charge >= 0.3 is 0 Å². The standard InChI is InChI=1S/C17H20N4O2/c1-11-5-6-13(16(22)20-11)17(23)21-9-3-4-14(21)12-7-8-19-15(10-12)18-2/h5-8,10,14H,3-4,9H2,1-2H3,(H,18,19)(H,20,22)/t14-/m1/s1. The van der Waals surface area contributed by atoms with E-state index in [0.29, 0.717) is 6.54 Å². The highest BCUT2D eigenvalue weighted by molar-refractivity contribution is 5.94. The zero-order chi connectivity index (χ0) is 16.4. The van der Waals surface area contributed by atoms with Crippen LogP contribution < -0.4 is 10.9 Å². The molecule has 1 aliphatic heterocycles. The molecule has 1 saturated heterocycles. The van der Waals surface area contributed by atoms with Gasteiger partial charge in [-0.25, -0.2) is 4.98 Å². The molecule has 0 unspecified atom stereocenters. The molecule has 3 heterocycles. The summed E-state index contributed by atoms with van der Waals surface area (Å²) in [6.45, 7) is 2.46. The van der Waals surface area contributed by atoms with Crippen LogP contribution in [0.5, 0.6) is 0 Å². The van der Waals surface area contributed by atoms with E-state index in [9.17, 15) is 9.59 Å². The Morgan fingerprint density at radius 3 is 2.96 bits per heavy atom. The summed E-state index contributed by atoms with van der Waals surface area (Å²) in [4.78, 5) is 33.5. The molecule has 0 spiro atoms. The van der Waals surface area contributed by atoms with Crippen LogP contribution >= 0.6 is 0 Å². The molecule has 120 valence electrons. The Hall–Kier alpha value is -2.63. The van der Waals surface area contributed by atoms with Crippen molar-refractivity contribution in [3.8, 4) is 0 Å². The van der Waals surface area contributed by atoms with Crippen molar-refractivity contribution in [3.63, 3.8) is 0 Å². The van der Waals surface area contributed by atoms with Gasteiger partial charge in [-0.15, -0.1) is 0 Å². The molecule has 0 saturated carbocycles. The first-order valence-electron chi connectivity index (χ1n) is 7.75. The number of amides is 1. The lowest BCUT2D eigenvalue weighted by Crippen LogP contribution is -2.34. The van der Waals surface area contributed by atoms with Gasteiger partial charge in [0.25, 0.3) is 11.5 Å². The van der Waals surface area contributed by atoms with E-state index in [1.165, 1.54) is 0 Å². The van der Waals surface area contributed by atoms with Crippen LogP contribution in [0, 0.1) is 6.92 Å². The number of rotatable bonds is 3. The average Bonchev–Trinajstić information content (AvgIpc) is 3.04. The first-order chi connectivity index (χ1) is 11.1. The predicted octanol–water partition coefficient (Wildman–Crippen LogP) is 2.10. The number of likely N-dealkylation sites (tertiary alicyclic amines) is 1. The van der Waals surface area contributed by atoms with Crippen LogP contribution in [0.15, 0.2) is 35.3 Å². The molecule has 1 aliphatic rings. The second kappa shape index (κ2) is 6.24. The van der Waals surface area contributed by atoms with E-state index in [1.807, 2.05) is 19.2 Å². The molecular formula is C17H20N4O2. The molecule has 1 atom stereocenters. The largest absolute Gasteiger partial charge is 0.373 e. The quantitative estimate of drug-likeness (QED) is 0.910. The summed E-state index contributed by atoms with van der Waals surface area (Å²) < 4.78 is 0. The summed E-state index contributed by atoms with van der Waals surface area (Å²) in [5.41, 5.74) is 1.66. The summed E-state index contributed by atoms with van der Waals surface area (Å²) in [6, 6.07) is 7.23. The highest BCUT2D eigenvalue weighted by Gasteiger charge is 2.31. The van der Waals surface area contributed by atoms with Gasteiger partial charge in [0.1, 0.15) is 11.4 Å². The number of nitrogens with zero attached hydrogens (tertiary/aromatic N) is 2. The molecule has 6 heteroatoms. The number of carbonyl (C=O) groups is 1. The van der Waals surface area contributed by atoms with Crippen molar-refractivity contribution in [2.75, 3.05) is 18.9 Å². The third-order valence-corrected chi connectivity index (χ3v) is 4.22. The Kier molecular flexibility index (Phi) is 4.14. The second-order valence-corrected chi connectivity index (χ2v) is 5.77. The molecule has 0 bridgehead atoms. The SMILES string of the molecule is CNc1cc([C@H]2CCCN2C(=O)c2ccc(C)[nH]c2=O)ccn1. The molecule has 2 aromatic rings. The molecule has 1 amide bonds. The molecule has 3 rings (SSSR count). The normalized spacial score (nSPS) is 17.3. The van der Waals surface area contributed by atoms with Crippen LogP contribution in [0.1, 0.15) is 40.5 Å². The Morgan fingerprint density at radius 1 is 1.39 bits per heavy atom. The number of H-pyrrole nitrogens is 1. The third-order valence-electron chi connectivity index (χ3n) is 4.22. The summed E-state index contributed by atoms with van der Waals surface area (Å²) in [5, 5.41) is 3.01. The number of carbonyl (C=O) groups excluding carboxylic acids is 1. The van der Waals surface area contributed by atoms with Gasteiger partial charge < -0.3 is 15.2 Å². The summed E-state index contributed by atoms with van der Waals surface area (Å²) in [7, 11) is 1.82. The Labute approximate surface area is 134 Å². The fraction of sp³-hybridized carbons (Fsp3) is 0.353. The van der Waals surface area contributed by atoms with Gasteiger partial charge in [0.2, 0.25) is 0 Å². The highest BCUT2D eigenvalue weighted by atomic mass is 16.2. The van der Waals surface area contributed by atoms with E-state index in [4.69, 9.17) is 0 Å². The number of anilines is 1. The van der Waals surface area contributed by atoms with Crippen molar-refractivity contribution < 1.29 is 4.79 Å². The van der Waals surface area contributed by atoms with Crippen LogP contribution in [-0.2, 0) is 0 Å². The molecule has 0 radical (unpaired) electrons. The van der Waals surface area contributed by atoms with Crippen LogP contribution in [-0.4, -0.2) is 34.4 Å². The fourth-order valence-electron chi connectivity index (χ4n) is 3.04. The molecule has 0 aliphatic carbocycles. The molecule has 6 nitrogen and oxygen atoms in total. The summed E-state index contributed by atoms with van der Waals surface area (Å²) >= 11 is 0. The lowest BCUT2D eigenvalue weighted by Gasteiger charge is -2.25. The van der Waals surface area contributed by atoms with E-state index in [2.05, 4.69) is 15.3 Å². The minimum absolute atomic E-state index is 0.0155. The maximum atomic E-state index is 12.8. The fourth-order valence-corrected chi connectivity index (χ4v) is 3.04. The second-order valence-electron chi connectivity index (χ2n) is 5.77. The van der Waals surface area contributed by atoms with E-state index in [-0.39, 0.29) is 23.1 Å². The number of aromatic amines is 1. The van der Waals surface area contributed by atoms with Crippen molar-refractivity contribution >= 4 is 11.7 Å². The van der Waals surface area contributed by atoms with Gasteiger partial charge in [0.05, 0.1) is 6.04 Å². The van der Waals surface area contributed by atoms with Gasteiger partial charge in [0, 0.05) is 25.5 Å². The summed E-state index contributed by atoms with van der Waals surface area (Å²) in [6.07, 6.45) is 3.56. The smallest absolute Gasteiger partial charge is 0.260 e. The van der Waals surface area contributed by atoms with Gasteiger partial charge in [-0.05, 0) is 49.6 Å². The van der Waals surface area contributed by atoms with Crippen LogP contribution in [0.25, 0.3) is 0 Å². The average molecular weight is 312 g/mol. The van der Waals surface area contributed by atoms with Crippen molar-refractivity contribution in [2.24, 2.45) is 0 Å². The third kappa shape index (κ3) is 2.97. The molecule has 2 N–H and O–H groups in total. The van der Waals surface area contributed by atoms with Crippen LogP contribution in [0.2, 0.25) is 0 Å². The predicted molar refractivity (Wildman–Crippen MR) is 88.6 cm³/mol. The molecule has 23 heavy (non-hydrogen) atoms. The van der Waals surface area contributed by atoms with E-state index >= 15 is 0 Å². The van der Waals surface area contributed by atoms with E-state index in [1.54, 1.807) is 30.2 Å². The number of pyridine rings is 2. The van der Waals surface area contributed by atoms with Gasteiger partial charge in [-0.2, -0.15) is 0 Å². The van der Waals surface area contributed by atoms with E-state index in [0.717, 1.165) is 29.9 Å². The van der Waals surface area contributed by atoms with Crippen LogP contribution in [0.3, 0.4) is 0 Å². The van der Waals surface area contributed by atoms with Crippen molar-refractivity contribution in [1.29, 1.82) is 0 Å². The highest BCUT2D eigenvalue weighted by Crippen LogP contribution is 2.33. The van der Waals surface area contributed by atoms with Crippen molar-refractivity contribution in [3.05, 3.63) is 57.6 Å². The minimum atomic E-state index is -0.328. The molecular weight excluding hydrogens is 292 g/mol. The van der Waals surface area contributed by atoms with Gasteiger partial charge in [0.15, 0.2) is 0 Å². The van der Waals surface area contributed by atoms with Gasteiger partial charge in [-0.3, -0.25) is 9.59 Å². The number of aryl methyl sites for hydroxylation is 1. The molecule has 1 fully saturated rings. The Morgan fingerprint density at radius 2 is 2.22 bits per heavy atom. The summed E-state index contributed by atoms with van der Waals surface area (Å²) in [5.74, 6) is 0.562. The number of hydrogen-bond acceptors (Lipinski definition) is 4. The van der Waals surface area contributed by atoms with Gasteiger partial charge in [-0.1, -0.05) is 0 Å². The number of hydrogen-bond donors (Lipinski definition) is 2. The molecule has 0 aromatic carbocycles. The Bertz CT molecular complexity index is 784. The maximum Gasteiger partial charge on any atom is 0.260 e. The first-order valence-corrected chi connectivity index (χ1v) is 7.75. The van der Waals surface area contributed by atoms with Crippen LogP contribution in [0.4, 0.5) is 5.82 Å². The molecule has 2 aromatic heterocycles. The minimum Gasteiger partial charge on any atom is -0.373 e. The van der Waals surface area contributed by atoms with E-state index < -0.39 is 0 Å². The lowest BCUT2D eigenvalue weighted by atomic mass is 10.1. The number of nitrogens with one attached hydrogen (secondary N) is 2. The zero-order valence-electron chi connectivity index (χ0n) is 13.3. The van der Waals surface area contributed by atoms with Crippen molar-refractivity contribution in [1.82, 2.24) is 14.9 Å². The maximum absolute atomic E-state index is 12.8. The zero-order valence-corrected chi connectivity index (χ0v) is 13.3. The lowest BCUT2D eigenvalue weighted by molar-refractivity contribution is 0.0734. The van der Waals surface area contributed by atoms with Crippen molar-refractivity contribution in [2.45, 2.75) is 25.8 Å². The first kappa shape index (κ1) is 15.3. The topological polar surface area (TPSA) is 78.1 Å². The Balaban J connectivity index is 1.91. The number of aromatic nitrogens is 2. The monoisotopic (exact) mass is 312 g/mol.